The Kier molecular flexibility index (Phi) is 8.19. The molecule has 6 aromatic rings. The number of nitrogens with one attached hydrogen (secondary N) is 1. The van der Waals surface area contributed by atoms with Crippen LogP contribution in [-0.4, -0.2) is 35.5 Å². The van der Waals surface area contributed by atoms with Gasteiger partial charge in [0.05, 0.1) is 39.1 Å². The number of para-hydroxylation sites is 1. The first-order chi connectivity index (χ1) is 21.3. The number of carbonyl (C=O) groups excluding carboxylic acids is 1. The molecule has 220 valence electrons. The summed E-state index contributed by atoms with van der Waals surface area (Å²) in [5.74, 6) is 1.15. The van der Waals surface area contributed by atoms with Gasteiger partial charge in [-0.05, 0) is 83.0 Å². The minimum Gasteiger partial charge on any atom is -0.496 e. The van der Waals surface area contributed by atoms with E-state index in [1.54, 1.807) is 43.5 Å². The summed E-state index contributed by atoms with van der Waals surface area (Å²) in [5.41, 5.74) is 3.03. The number of nitrogens with zero attached hydrogens (tertiary/aromatic N) is 3. The molecule has 44 heavy (non-hydrogen) atoms. The van der Waals surface area contributed by atoms with Gasteiger partial charge in [0.25, 0.3) is 11.5 Å². The highest BCUT2D eigenvalue weighted by Crippen LogP contribution is 2.35. The third-order valence-electron chi connectivity index (χ3n) is 6.74. The second-order valence-corrected chi connectivity index (χ2v) is 11.1. The number of anilines is 1. The first-order valence-electron chi connectivity index (χ1n) is 13.4. The van der Waals surface area contributed by atoms with Gasteiger partial charge in [-0.2, -0.15) is 9.78 Å². The van der Waals surface area contributed by atoms with Gasteiger partial charge in [-0.3, -0.25) is 9.59 Å². The summed E-state index contributed by atoms with van der Waals surface area (Å²) in [6, 6.07) is 25.0. The van der Waals surface area contributed by atoms with Gasteiger partial charge in [-0.25, -0.2) is 4.98 Å². The van der Waals surface area contributed by atoms with Crippen LogP contribution in [0.15, 0.2) is 104 Å². The van der Waals surface area contributed by atoms with Gasteiger partial charge in [0.1, 0.15) is 11.3 Å². The highest BCUT2D eigenvalue weighted by molar-refractivity contribution is 9.10. The smallest absolute Gasteiger partial charge is 0.282 e. The number of ether oxygens (including phenoxy) is 2. The molecule has 0 fully saturated rings. The number of methoxy groups -OCH3 is 1. The maximum Gasteiger partial charge on any atom is 0.282 e. The van der Waals surface area contributed by atoms with Crippen LogP contribution in [0.1, 0.15) is 11.1 Å². The van der Waals surface area contributed by atoms with Crippen molar-refractivity contribution in [3.8, 4) is 23.1 Å². The van der Waals surface area contributed by atoms with Crippen LogP contribution in [0.2, 0.25) is 5.02 Å². The standard InChI is InChI=1S/C33H24BrClN4O5/c1-19-10-12-21(13-11-19)37-30(40)18-43-31-24(34)14-20(15-25(31)35)17-36-39-32(38-26-7-4-3-6-22(26)33(39)41)29-16-23-27(42-2)8-5-9-28(23)44-29/h3-17H,18H2,1-2H3,(H,37,40). The maximum atomic E-state index is 13.6. The van der Waals surface area contributed by atoms with Gasteiger partial charge in [0.15, 0.2) is 18.1 Å². The van der Waals surface area contributed by atoms with Gasteiger partial charge in [-0.1, -0.05) is 47.5 Å². The molecule has 0 aliphatic heterocycles. The Hall–Kier alpha value is -4.93. The Balaban J connectivity index is 1.30. The lowest BCUT2D eigenvalue weighted by molar-refractivity contribution is -0.118. The summed E-state index contributed by atoms with van der Waals surface area (Å²) >= 11 is 10.0. The van der Waals surface area contributed by atoms with Crippen LogP contribution in [0.4, 0.5) is 5.69 Å². The van der Waals surface area contributed by atoms with E-state index >= 15 is 0 Å². The lowest BCUT2D eigenvalue weighted by atomic mass is 10.2. The normalized spacial score (nSPS) is 11.4. The van der Waals surface area contributed by atoms with Crippen molar-refractivity contribution in [3.63, 3.8) is 0 Å². The van der Waals surface area contributed by atoms with Crippen molar-refractivity contribution >= 4 is 67.2 Å². The number of halogens is 2. The minimum atomic E-state index is -0.376. The summed E-state index contributed by atoms with van der Waals surface area (Å²) in [4.78, 5) is 30.7. The quantitative estimate of drug-likeness (QED) is 0.169. The molecule has 0 aliphatic rings. The summed E-state index contributed by atoms with van der Waals surface area (Å²) in [7, 11) is 1.58. The number of benzene rings is 4. The van der Waals surface area contributed by atoms with Crippen molar-refractivity contribution in [3.05, 3.63) is 116 Å². The summed E-state index contributed by atoms with van der Waals surface area (Å²) in [5, 5.41) is 8.66. The number of fused-ring (bicyclic) bond motifs is 2. The number of aryl methyl sites for hydroxylation is 1. The highest BCUT2D eigenvalue weighted by atomic mass is 79.9. The second-order valence-electron chi connectivity index (χ2n) is 9.81. The number of carbonyl (C=O) groups is 1. The lowest BCUT2D eigenvalue weighted by Crippen LogP contribution is -2.20. The van der Waals surface area contributed by atoms with E-state index in [0.29, 0.717) is 49.5 Å². The van der Waals surface area contributed by atoms with Crippen LogP contribution in [-0.2, 0) is 4.79 Å². The van der Waals surface area contributed by atoms with Crippen molar-refractivity contribution < 1.29 is 18.7 Å². The fraction of sp³-hybridized carbons (Fsp3) is 0.0909. The number of aromatic nitrogens is 2. The average Bonchev–Trinajstić information content (AvgIpc) is 3.46. The molecule has 0 saturated carbocycles. The van der Waals surface area contributed by atoms with Crippen molar-refractivity contribution in [2.24, 2.45) is 5.10 Å². The SMILES string of the molecule is COc1cccc2oc(-c3nc4ccccc4c(=O)n3N=Cc3cc(Cl)c(OCC(=O)Nc4ccc(C)cc4)c(Br)c3)cc12. The largest absolute Gasteiger partial charge is 0.496 e. The first kappa shape index (κ1) is 29.2. The van der Waals surface area contributed by atoms with Gasteiger partial charge >= 0.3 is 0 Å². The van der Waals surface area contributed by atoms with Crippen LogP contribution in [0.25, 0.3) is 33.5 Å². The Morgan fingerprint density at radius 3 is 2.64 bits per heavy atom. The van der Waals surface area contributed by atoms with Crippen LogP contribution in [0, 0.1) is 6.92 Å². The molecule has 6 rings (SSSR count). The van der Waals surface area contributed by atoms with Crippen LogP contribution in [0.5, 0.6) is 11.5 Å². The zero-order valence-corrected chi connectivity index (χ0v) is 25.8. The topological polar surface area (TPSA) is 108 Å². The number of hydrogen-bond donors (Lipinski definition) is 1. The summed E-state index contributed by atoms with van der Waals surface area (Å²) < 4.78 is 19.0. The van der Waals surface area contributed by atoms with Gasteiger partial charge < -0.3 is 19.2 Å². The van der Waals surface area contributed by atoms with E-state index in [0.717, 1.165) is 10.9 Å². The molecule has 0 bridgehead atoms. The fourth-order valence-electron chi connectivity index (χ4n) is 4.60. The predicted molar refractivity (Wildman–Crippen MR) is 175 cm³/mol. The van der Waals surface area contributed by atoms with Gasteiger partial charge in [0.2, 0.25) is 5.82 Å². The Labute approximate surface area is 264 Å². The number of furan rings is 1. The lowest BCUT2D eigenvalue weighted by Gasteiger charge is -2.12. The predicted octanol–water partition coefficient (Wildman–Crippen LogP) is 7.44. The average molecular weight is 672 g/mol. The molecule has 2 aromatic heterocycles. The van der Waals surface area contributed by atoms with Crippen molar-refractivity contribution in [1.29, 1.82) is 0 Å². The van der Waals surface area contributed by atoms with Crippen LogP contribution in [0.3, 0.4) is 0 Å². The van der Waals surface area contributed by atoms with E-state index in [4.69, 9.17) is 30.5 Å². The molecular weight excluding hydrogens is 648 g/mol. The summed E-state index contributed by atoms with van der Waals surface area (Å²) in [6.45, 7) is 1.72. The molecule has 1 N–H and O–H groups in total. The maximum absolute atomic E-state index is 13.6. The molecule has 11 heteroatoms. The monoisotopic (exact) mass is 670 g/mol. The second kappa shape index (κ2) is 12.4. The highest BCUT2D eigenvalue weighted by Gasteiger charge is 2.18. The molecular formula is C33H24BrClN4O5. The molecule has 2 heterocycles. The Morgan fingerprint density at radius 2 is 1.86 bits per heavy atom. The molecule has 0 atom stereocenters. The van der Waals surface area contributed by atoms with E-state index < -0.39 is 0 Å². The molecule has 4 aromatic carbocycles. The molecule has 0 spiro atoms. The first-order valence-corrected chi connectivity index (χ1v) is 14.6. The van der Waals surface area contributed by atoms with Crippen LogP contribution < -0.4 is 20.3 Å². The third kappa shape index (κ3) is 5.95. The number of hydrogen-bond acceptors (Lipinski definition) is 7. The third-order valence-corrected chi connectivity index (χ3v) is 7.61. The number of amides is 1. The fourth-order valence-corrected chi connectivity index (χ4v) is 5.59. The molecule has 0 unspecified atom stereocenters. The molecule has 0 radical (unpaired) electrons. The van der Waals surface area contributed by atoms with Gasteiger partial charge in [-0.15, -0.1) is 0 Å². The van der Waals surface area contributed by atoms with E-state index in [1.807, 2.05) is 55.5 Å². The van der Waals surface area contributed by atoms with Gasteiger partial charge in [0, 0.05) is 5.69 Å². The van der Waals surface area contributed by atoms with Crippen molar-refractivity contribution in [1.82, 2.24) is 9.66 Å². The zero-order valence-electron chi connectivity index (χ0n) is 23.5. The molecule has 0 aliphatic carbocycles. The molecule has 0 saturated heterocycles. The summed E-state index contributed by atoms with van der Waals surface area (Å²) in [6.07, 6.45) is 1.48. The Morgan fingerprint density at radius 1 is 1.07 bits per heavy atom. The zero-order chi connectivity index (χ0) is 30.8. The van der Waals surface area contributed by atoms with Crippen LogP contribution >= 0.6 is 27.5 Å². The van der Waals surface area contributed by atoms with E-state index in [1.165, 1.54) is 10.9 Å². The van der Waals surface area contributed by atoms with E-state index in [9.17, 15) is 9.59 Å². The Bertz CT molecular complexity index is 2100. The minimum absolute atomic E-state index is 0.216. The van der Waals surface area contributed by atoms with Crippen molar-refractivity contribution in [2.45, 2.75) is 6.92 Å². The number of rotatable bonds is 8. The molecule has 1 amide bonds. The molecule has 9 nitrogen and oxygen atoms in total. The van der Waals surface area contributed by atoms with E-state index in [2.05, 4.69) is 26.3 Å². The van der Waals surface area contributed by atoms with Crippen molar-refractivity contribution in [2.75, 3.05) is 19.0 Å². The van der Waals surface area contributed by atoms with E-state index in [-0.39, 0.29) is 28.9 Å².